The maximum atomic E-state index is 12.6. The van der Waals surface area contributed by atoms with Gasteiger partial charge in [0.25, 0.3) is 5.91 Å². The van der Waals surface area contributed by atoms with Gasteiger partial charge < -0.3 is 15.2 Å². The van der Waals surface area contributed by atoms with Crippen molar-refractivity contribution in [2.45, 2.75) is 35.4 Å². The summed E-state index contributed by atoms with van der Waals surface area (Å²) in [6.45, 7) is 0.923. The molecule has 2 aromatic rings. The molecule has 0 bridgehead atoms. The molecule has 6 heteroatoms. The monoisotopic (exact) mass is 385 g/mol. The van der Waals surface area contributed by atoms with Crippen LogP contribution in [0, 0.1) is 0 Å². The van der Waals surface area contributed by atoms with E-state index in [-0.39, 0.29) is 12.3 Å². The first kappa shape index (κ1) is 19.5. The Hall–Kier alpha value is -2.31. The molecule has 1 aliphatic heterocycles. The number of carboxylic acids is 1. The van der Waals surface area contributed by atoms with Gasteiger partial charge in [0.2, 0.25) is 0 Å². The molecule has 1 heterocycles. The predicted molar refractivity (Wildman–Crippen MR) is 105 cm³/mol. The minimum Gasteiger partial charge on any atom is -0.481 e. The zero-order chi connectivity index (χ0) is 19.1. The molecular weight excluding hydrogens is 362 g/mol. The Morgan fingerprint density at radius 1 is 1.04 bits per heavy atom. The fourth-order valence-corrected chi connectivity index (χ4v) is 4.02. The molecule has 142 valence electrons. The van der Waals surface area contributed by atoms with Crippen molar-refractivity contribution in [1.29, 1.82) is 0 Å². The van der Waals surface area contributed by atoms with Crippen LogP contribution in [0.3, 0.4) is 0 Å². The largest absolute Gasteiger partial charge is 0.481 e. The van der Waals surface area contributed by atoms with Gasteiger partial charge in [-0.25, -0.2) is 0 Å². The molecule has 2 aromatic carbocycles. The summed E-state index contributed by atoms with van der Waals surface area (Å²) in [6.07, 6.45) is 0.932. The van der Waals surface area contributed by atoms with E-state index in [1.54, 1.807) is 23.9 Å². The third-order valence-electron chi connectivity index (χ3n) is 4.68. The van der Waals surface area contributed by atoms with E-state index in [4.69, 9.17) is 4.74 Å². The van der Waals surface area contributed by atoms with Crippen molar-refractivity contribution < 1.29 is 19.4 Å². The first-order valence-corrected chi connectivity index (χ1v) is 9.94. The highest BCUT2D eigenvalue weighted by atomic mass is 32.2. The summed E-state index contributed by atoms with van der Waals surface area (Å²) in [6, 6.07) is 17.6. The molecule has 1 amide bonds. The van der Waals surface area contributed by atoms with Crippen molar-refractivity contribution in [3.63, 3.8) is 0 Å². The fourth-order valence-electron chi connectivity index (χ4n) is 3.15. The number of amides is 1. The number of nitrogens with one attached hydrogen (secondary N) is 1. The van der Waals surface area contributed by atoms with E-state index in [1.807, 2.05) is 30.3 Å². The molecule has 5 nitrogen and oxygen atoms in total. The molecule has 2 N–H and O–H groups in total. The first-order valence-electron chi connectivity index (χ1n) is 8.95. The van der Waals surface area contributed by atoms with Gasteiger partial charge in [-0.05, 0) is 42.7 Å². The smallest absolute Gasteiger partial charge is 0.305 e. The Kier molecular flexibility index (Phi) is 6.53. The zero-order valence-electron chi connectivity index (χ0n) is 15.0. The van der Waals surface area contributed by atoms with Gasteiger partial charge in [0.15, 0.2) is 0 Å². The SMILES string of the molecule is O=C(O)CC1(NC(=O)c2ccc(CSc3ccccc3)cc2)CCOCC1. The number of carbonyl (C=O) groups excluding carboxylic acids is 1. The summed E-state index contributed by atoms with van der Waals surface area (Å²) >= 11 is 1.74. The minimum atomic E-state index is -0.912. The number of hydrogen-bond donors (Lipinski definition) is 2. The second-order valence-electron chi connectivity index (χ2n) is 6.72. The zero-order valence-corrected chi connectivity index (χ0v) is 15.8. The normalized spacial score (nSPS) is 15.9. The van der Waals surface area contributed by atoms with Gasteiger partial charge in [0, 0.05) is 29.4 Å². The molecule has 0 aliphatic carbocycles. The number of aliphatic carboxylic acids is 1. The number of thioether (sulfide) groups is 1. The molecule has 0 radical (unpaired) electrons. The average Bonchev–Trinajstić information content (AvgIpc) is 2.67. The Balaban J connectivity index is 1.61. The fraction of sp³-hybridized carbons (Fsp3) is 0.333. The van der Waals surface area contributed by atoms with Crippen LogP contribution < -0.4 is 5.32 Å². The second kappa shape index (κ2) is 9.06. The highest BCUT2D eigenvalue weighted by Gasteiger charge is 2.36. The summed E-state index contributed by atoms with van der Waals surface area (Å²) in [5, 5.41) is 12.2. The van der Waals surface area contributed by atoms with Gasteiger partial charge >= 0.3 is 5.97 Å². The molecule has 0 atom stereocenters. The van der Waals surface area contributed by atoms with E-state index in [0.717, 1.165) is 11.3 Å². The molecule has 0 unspecified atom stereocenters. The quantitative estimate of drug-likeness (QED) is 0.710. The van der Waals surface area contributed by atoms with Crippen LogP contribution in [-0.4, -0.2) is 35.7 Å². The third kappa shape index (κ3) is 5.58. The highest BCUT2D eigenvalue weighted by molar-refractivity contribution is 7.98. The molecule has 1 fully saturated rings. The van der Waals surface area contributed by atoms with Gasteiger partial charge in [-0.3, -0.25) is 9.59 Å². The van der Waals surface area contributed by atoms with Crippen LogP contribution in [-0.2, 0) is 15.3 Å². The molecule has 0 saturated carbocycles. The Morgan fingerprint density at radius 3 is 2.33 bits per heavy atom. The number of ether oxygens (including phenoxy) is 1. The number of hydrogen-bond acceptors (Lipinski definition) is 4. The Morgan fingerprint density at radius 2 is 1.70 bits per heavy atom. The first-order chi connectivity index (χ1) is 13.1. The van der Waals surface area contributed by atoms with Crippen molar-refractivity contribution in [2.75, 3.05) is 13.2 Å². The lowest BCUT2D eigenvalue weighted by Crippen LogP contribution is -2.53. The van der Waals surface area contributed by atoms with Gasteiger partial charge in [0.05, 0.1) is 12.0 Å². The maximum Gasteiger partial charge on any atom is 0.305 e. The van der Waals surface area contributed by atoms with Crippen LogP contribution in [0.1, 0.15) is 35.2 Å². The lowest BCUT2D eigenvalue weighted by Gasteiger charge is -2.36. The van der Waals surface area contributed by atoms with Crippen LogP contribution >= 0.6 is 11.8 Å². The van der Waals surface area contributed by atoms with Gasteiger partial charge in [0.1, 0.15) is 0 Å². The summed E-state index contributed by atoms with van der Waals surface area (Å²) < 4.78 is 5.33. The highest BCUT2D eigenvalue weighted by Crippen LogP contribution is 2.26. The van der Waals surface area contributed by atoms with Gasteiger partial charge in [-0.15, -0.1) is 11.8 Å². The van der Waals surface area contributed by atoms with E-state index in [9.17, 15) is 14.7 Å². The summed E-state index contributed by atoms with van der Waals surface area (Å²) in [5.41, 5.74) is 0.939. The molecule has 3 rings (SSSR count). The van der Waals surface area contributed by atoms with E-state index in [1.165, 1.54) is 4.90 Å². The van der Waals surface area contributed by atoms with Crippen LogP contribution in [0.5, 0.6) is 0 Å². The second-order valence-corrected chi connectivity index (χ2v) is 7.76. The van der Waals surface area contributed by atoms with Crippen molar-refractivity contribution in [1.82, 2.24) is 5.32 Å². The van der Waals surface area contributed by atoms with Crippen molar-refractivity contribution in [3.8, 4) is 0 Å². The number of carbonyl (C=O) groups is 2. The molecule has 0 aromatic heterocycles. The van der Waals surface area contributed by atoms with E-state index >= 15 is 0 Å². The molecule has 27 heavy (non-hydrogen) atoms. The molecule has 0 spiro atoms. The molecule has 1 aliphatic rings. The summed E-state index contributed by atoms with van der Waals surface area (Å²) in [4.78, 5) is 25.1. The Bertz CT molecular complexity index is 771. The van der Waals surface area contributed by atoms with E-state index in [2.05, 4.69) is 17.4 Å². The topological polar surface area (TPSA) is 75.6 Å². The van der Waals surface area contributed by atoms with Crippen molar-refractivity contribution in [2.24, 2.45) is 0 Å². The van der Waals surface area contributed by atoms with Crippen molar-refractivity contribution in [3.05, 3.63) is 65.7 Å². The van der Waals surface area contributed by atoms with Crippen LogP contribution in [0.2, 0.25) is 0 Å². The molecule has 1 saturated heterocycles. The van der Waals surface area contributed by atoms with E-state index in [0.29, 0.717) is 31.6 Å². The van der Waals surface area contributed by atoms with Gasteiger partial charge in [-0.2, -0.15) is 0 Å². The van der Waals surface area contributed by atoms with Crippen molar-refractivity contribution >= 4 is 23.6 Å². The van der Waals surface area contributed by atoms with Crippen LogP contribution in [0.15, 0.2) is 59.5 Å². The Labute approximate surface area is 163 Å². The third-order valence-corrected chi connectivity index (χ3v) is 5.77. The maximum absolute atomic E-state index is 12.6. The average molecular weight is 385 g/mol. The van der Waals surface area contributed by atoms with Gasteiger partial charge in [-0.1, -0.05) is 30.3 Å². The number of carboxylic acid groups (broad SMARTS) is 1. The number of benzene rings is 2. The van der Waals surface area contributed by atoms with Crippen LogP contribution in [0.4, 0.5) is 0 Å². The lowest BCUT2D eigenvalue weighted by molar-refractivity contribution is -0.139. The minimum absolute atomic E-state index is 0.0894. The molecular formula is C21H23NO4S. The van der Waals surface area contributed by atoms with E-state index < -0.39 is 11.5 Å². The predicted octanol–water partition coefficient (Wildman–Crippen LogP) is 3.73. The number of rotatable bonds is 7. The lowest BCUT2D eigenvalue weighted by atomic mass is 9.86. The standard InChI is InChI=1S/C21H23NO4S/c23-19(24)14-21(10-12-26-13-11-21)22-20(25)17-8-6-16(7-9-17)15-27-18-4-2-1-3-5-18/h1-9H,10-15H2,(H,22,25)(H,23,24). The summed E-state index contributed by atoms with van der Waals surface area (Å²) in [5.74, 6) is -0.322. The summed E-state index contributed by atoms with van der Waals surface area (Å²) in [7, 11) is 0. The van der Waals surface area contributed by atoms with Crippen LogP contribution in [0.25, 0.3) is 0 Å².